The lowest BCUT2D eigenvalue weighted by Gasteiger charge is -2.27. The smallest absolute Gasteiger partial charge is 0.255 e. The predicted octanol–water partition coefficient (Wildman–Crippen LogP) is 5.86. The van der Waals surface area contributed by atoms with E-state index in [0.717, 1.165) is 27.9 Å². The zero-order valence-corrected chi connectivity index (χ0v) is 21.1. The molecule has 0 saturated carbocycles. The van der Waals surface area contributed by atoms with Crippen LogP contribution in [-0.4, -0.2) is 25.3 Å². The number of aliphatic imine (C=N–C) groups is 1. The maximum absolute atomic E-state index is 13.5. The molecule has 4 rings (SSSR count). The quantitative estimate of drug-likeness (QED) is 0.437. The van der Waals surface area contributed by atoms with E-state index < -0.39 is 6.04 Å². The van der Waals surface area contributed by atoms with Gasteiger partial charge in [-0.05, 0) is 43.7 Å². The summed E-state index contributed by atoms with van der Waals surface area (Å²) in [6.45, 7) is 3.99. The van der Waals surface area contributed by atoms with Gasteiger partial charge in [0.15, 0.2) is 5.17 Å². The molecule has 0 unspecified atom stereocenters. The van der Waals surface area contributed by atoms with Crippen molar-refractivity contribution >= 4 is 28.5 Å². The second-order valence-corrected chi connectivity index (χ2v) is 9.17. The Hall–Kier alpha value is -3.71. The SMILES string of the molecule is COc1ccc([C@@H]2N=C(SCc3cccc(C)c3)NC(C)=C2C(=O)Nc2ccccc2)c(OC)c1. The zero-order valence-electron chi connectivity index (χ0n) is 20.3. The van der Waals surface area contributed by atoms with Gasteiger partial charge in [0.2, 0.25) is 0 Å². The number of hydrogen-bond acceptors (Lipinski definition) is 6. The molecule has 7 heteroatoms. The Morgan fingerprint density at radius 2 is 1.80 bits per heavy atom. The number of thioether (sulfide) groups is 1. The van der Waals surface area contributed by atoms with E-state index in [1.54, 1.807) is 26.0 Å². The van der Waals surface area contributed by atoms with Gasteiger partial charge in [-0.15, -0.1) is 0 Å². The largest absolute Gasteiger partial charge is 0.497 e. The van der Waals surface area contributed by atoms with Crippen LogP contribution in [0, 0.1) is 6.92 Å². The lowest BCUT2D eigenvalue weighted by atomic mass is 9.95. The monoisotopic (exact) mass is 487 g/mol. The standard InChI is InChI=1S/C28H29N3O3S/c1-18-9-8-10-20(15-18)17-35-28-29-19(2)25(27(32)30-21-11-6-5-7-12-21)26(31-28)23-14-13-22(33-3)16-24(23)34-4/h5-16,26H,17H2,1-4H3,(H,29,31)(H,30,32)/t26-/m0/s1. The van der Waals surface area contributed by atoms with Gasteiger partial charge in [0.05, 0.1) is 19.8 Å². The minimum atomic E-state index is -0.541. The average Bonchev–Trinajstić information content (AvgIpc) is 2.87. The van der Waals surface area contributed by atoms with E-state index in [1.165, 1.54) is 11.1 Å². The molecular weight excluding hydrogens is 458 g/mol. The minimum Gasteiger partial charge on any atom is -0.497 e. The van der Waals surface area contributed by atoms with Crippen LogP contribution in [0.2, 0.25) is 0 Å². The van der Waals surface area contributed by atoms with Crippen molar-refractivity contribution < 1.29 is 14.3 Å². The Bertz CT molecular complexity index is 1270. The molecule has 6 nitrogen and oxygen atoms in total. The Labute approximate surface area is 210 Å². The first-order valence-corrected chi connectivity index (χ1v) is 12.3. The molecule has 0 radical (unpaired) electrons. The fourth-order valence-electron chi connectivity index (χ4n) is 3.96. The lowest BCUT2D eigenvalue weighted by Crippen LogP contribution is -2.32. The van der Waals surface area contributed by atoms with Crippen molar-refractivity contribution in [3.63, 3.8) is 0 Å². The molecule has 0 aromatic heterocycles. The second kappa shape index (κ2) is 11.1. The first-order valence-electron chi connectivity index (χ1n) is 11.3. The highest BCUT2D eigenvalue weighted by Crippen LogP contribution is 2.39. The molecule has 2 N–H and O–H groups in total. The third-order valence-electron chi connectivity index (χ3n) is 5.69. The topological polar surface area (TPSA) is 72.0 Å². The highest BCUT2D eigenvalue weighted by atomic mass is 32.2. The molecule has 0 saturated heterocycles. The van der Waals surface area contributed by atoms with Gasteiger partial charge in [-0.3, -0.25) is 4.79 Å². The number of rotatable bonds is 7. The normalized spacial score (nSPS) is 15.2. The first-order chi connectivity index (χ1) is 17.0. The molecule has 1 aliphatic rings. The predicted molar refractivity (Wildman–Crippen MR) is 143 cm³/mol. The number of amides is 1. The van der Waals surface area contributed by atoms with E-state index in [0.29, 0.717) is 17.1 Å². The molecule has 180 valence electrons. The minimum absolute atomic E-state index is 0.212. The van der Waals surface area contributed by atoms with Gasteiger partial charge in [-0.1, -0.05) is 59.8 Å². The number of hydrogen-bond donors (Lipinski definition) is 2. The summed E-state index contributed by atoms with van der Waals surface area (Å²) in [5.74, 6) is 1.84. The Kier molecular flexibility index (Phi) is 7.77. The molecule has 1 aliphatic heterocycles. The van der Waals surface area contributed by atoms with Gasteiger partial charge in [0.25, 0.3) is 5.91 Å². The van der Waals surface area contributed by atoms with Crippen LogP contribution in [-0.2, 0) is 10.5 Å². The summed E-state index contributed by atoms with van der Waals surface area (Å²) in [7, 11) is 3.22. The van der Waals surface area contributed by atoms with Gasteiger partial charge in [-0.2, -0.15) is 0 Å². The van der Waals surface area contributed by atoms with E-state index in [4.69, 9.17) is 14.5 Å². The Balaban J connectivity index is 1.68. The number of benzene rings is 3. The molecule has 3 aromatic rings. The summed E-state index contributed by atoms with van der Waals surface area (Å²) in [5, 5.41) is 7.10. The van der Waals surface area contributed by atoms with Gasteiger partial charge in [0.1, 0.15) is 17.5 Å². The van der Waals surface area contributed by atoms with Gasteiger partial charge in [-0.25, -0.2) is 4.99 Å². The summed E-state index contributed by atoms with van der Waals surface area (Å²) >= 11 is 1.61. The van der Waals surface area contributed by atoms with Gasteiger partial charge < -0.3 is 20.1 Å². The molecule has 35 heavy (non-hydrogen) atoms. The number of ether oxygens (including phenoxy) is 2. The molecule has 0 bridgehead atoms. The average molecular weight is 488 g/mol. The number of amidine groups is 1. The van der Waals surface area contributed by atoms with Crippen molar-refractivity contribution in [2.24, 2.45) is 4.99 Å². The third kappa shape index (κ3) is 5.87. The fraction of sp³-hybridized carbons (Fsp3) is 0.214. The summed E-state index contributed by atoms with van der Waals surface area (Å²) in [5.41, 5.74) is 5.24. The number of anilines is 1. The number of nitrogens with zero attached hydrogens (tertiary/aromatic N) is 1. The van der Waals surface area contributed by atoms with E-state index in [9.17, 15) is 4.79 Å². The Morgan fingerprint density at radius 1 is 1.00 bits per heavy atom. The van der Waals surface area contributed by atoms with E-state index in [-0.39, 0.29) is 5.91 Å². The van der Waals surface area contributed by atoms with E-state index >= 15 is 0 Å². The zero-order chi connectivity index (χ0) is 24.8. The van der Waals surface area contributed by atoms with Crippen molar-refractivity contribution in [1.29, 1.82) is 0 Å². The number of methoxy groups -OCH3 is 2. The summed E-state index contributed by atoms with van der Waals surface area (Å²) < 4.78 is 11.0. The number of carbonyl (C=O) groups excluding carboxylic acids is 1. The number of para-hydroxylation sites is 1. The molecule has 0 fully saturated rings. The fourth-order valence-corrected chi connectivity index (χ4v) is 4.85. The summed E-state index contributed by atoms with van der Waals surface area (Å²) in [4.78, 5) is 18.4. The molecule has 0 spiro atoms. The maximum atomic E-state index is 13.5. The number of aryl methyl sites for hydroxylation is 1. The van der Waals surface area contributed by atoms with Crippen LogP contribution in [0.1, 0.15) is 29.7 Å². The molecule has 1 atom stereocenters. The number of allylic oxidation sites excluding steroid dienone is 1. The van der Waals surface area contributed by atoms with Gasteiger partial charge >= 0.3 is 0 Å². The molecule has 1 heterocycles. The van der Waals surface area contributed by atoms with Crippen molar-refractivity contribution in [2.75, 3.05) is 19.5 Å². The number of nitrogens with one attached hydrogen (secondary N) is 2. The summed E-state index contributed by atoms with van der Waals surface area (Å²) in [6, 6.07) is 22.9. The third-order valence-corrected chi connectivity index (χ3v) is 6.65. The Morgan fingerprint density at radius 3 is 2.51 bits per heavy atom. The second-order valence-electron chi connectivity index (χ2n) is 8.21. The van der Waals surface area contributed by atoms with E-state index in [2.05, 4.69) is 41.8 Å². The van der Waals surface area contributed by atoms with Crippen LogP contribution >= 0.6 is 11.8 Å². The van der Waals surface area contributed by atoms with Crippen molar-refractivity contribution in [3.05, 3.63) is 101 Å². The molecule has 0 aliphatic carbocycles. The van der Waals surface area contributed by atoms with Gasteiger partial charge in [0, 0.05) is 28.8 Å². The first kappa shape index (κ1) is 24.4. The van der Waals surface area contributed by atoms with Crippen LogP contribution in [0.15, 0.2) is 89.1 Å². The summed E-state index contributed by atoms with van der Waals surface area (Å²) in [6.07, 6.45) is 0. The van der Waals surface area contributed by atoms with Crippen molar-refractivity contribution in [3.8, 4) is 11.5 Å². The molecule has 1 amide bonds. The van der Waals surface area contributed by atoms with Crippen LogP contribution < -0.4 is 20.1 Å². The van der Waals surface area contributed by atoms with E-state index in [1.807, 2.05) is 55.5 Å². The van der Waals surface area contributed by atoms with Crippen LogP contribution in [0.5, 0.6) is 11.5 Å². The van der Waals surface area contributed by atoms with Crippen molar-refractivity contribution in [1.82, 2.24) is 5.32 Å². The molecule has 3 aromatic carbocycles. The highest BCUT2D eigenvalue weighted by molar-refractivity contribution is 8.13. The molecular formula is C28H29N3O3S. The van der Waals surface area contributed by atoms with Crippen LogP contribution in [0.4, 0.5) is 5.69 Å². The van der Waals surface area contributed by atoms with Crippen LogP contribution in [0.3, 0.4) is 0 Å². The van der Waals surface area contributed by atoms with Crippen molar-refractivity contribution in [2.45, 2.75) is 25.6 Å². The highest BCUT2D eigenvalue weighted by Gasteiger charge is 2.31. The number of carbonyl (C=O) groups is 1. The lowest BCUT2D eigenvalue weighted by molar-refractivity contribution is -0.113. The maximum Gasteiger partial charge on any atom is 0.255 e. The van der Waals surface area contributed by atoms with Crippen LogP contribution in [0.25, 0.3) is 0 Å².